The Morgan fingerprint density at radius 2 is 1.93 bits per heavy atom. The van der Waals surface area contributed by atoms with Gasteiger partial charge in [-0.1, -0.05) is 0 Å². The third-order valence-electron chi connectivity index (χ3n) is 4.42. The van der Waals surface area contributed by atoms with Crippen molar-refractivity contribution in [2.75, 3.05) is 37.5 Å². The Morgan fingerprint density at radius 3 is 2.60 bits per heavy atom. The van der Waals surface area contributed by atoms with Crippen LogP contribution in [-0.2, 0) is 4.79 Å². The van der Waals surface area contributed by atoms with Crippen molar-refractivity contribution in [3.8, 4) is 22.8 Å². The van der Waals surface area contributed by atoms with Gasteiger partial charge in [0.1, 0.15) is 11.5 Å². The summed E-state index contributed by atoms with van der Waals surface area (Å²) in [5, 5.41) is 4.98. The quantitative estimate of drug-likeness (QED) is 0.564. The molecule has 0 fully saturated rings. The molecule has 0 saturated heterocycles. The van der Waals surface area contributed by atoms with Crippen molar-refractivity contribution in [1.29, 1.82) is 0 Å². The van der Waals surface area contributed by atoms with E-state index in [9.17, 15) is 13.6 Å². The Hall–Kier alpha value is -3.20. The second-order valence-corrected chi connectivity index (χ2v) is 7.12. The van der Waals surface area contributed by atoms with Gasteiger partial charge >= 0.3 is 0 Å². The number of halogens is 2. The number of ether oxygens (including phenoxy) is 2. The molecule has 0 saturated carbocycles. The zero-order chi connectivity index (χ0) is 21.7. The fourth-order valence-electron chi connectivity index (χ4n) is 2.86. The Bertz CT molecular complexity index is 1040. The molecule has 9 heteroatoms. The van der Waals surface area contributed by atoms with Gasteiger partial charge in [-0.3, -0.25) is 4.79 Å². The van der Waals surface area contributed by atoms with E-state index < -0.39 is 11.6 Å². The first-order chi connectivity index (χ1) is 14.4. The molecule has 0 spiro atoms. The summed E-state index contributed by atoms with van der Waals surface area (Å²) in [7, 11) is 3.13. The minimum absolute atomic E-state index is 0.0255. The Morgan fingerprint density at radius 1 is 1.13 bits per heavy atom. The molecule has 2 aromatic carbocycles. The summed E-state index contributed by atoms with van der Waals surface area (Å²) in [6, 6.07) is 8.95. The van der Waals surface area contributed by atoms with E-state index in [1.54, 1.807) is 31.3 Å². The predicted molar refractivity (Wildman–Crippen MR) is 114 cm³/mol. The lowest BCUT2D eigenvalue weighted by atomic mass is 10.1. The van der Waals surface area contributed by atoms with Gasteiger partial charge in [-0.25, -0.2) is 13.8 Å². The summed E-state index contributed by atoms with van der Waals surface area (Å²) in [4.78, 5) is 18.6. The molecule has 158 valence electrons. The van der Waals surface area contributed by atoms with Crippen molar-refractivity contribution in [2.24, 2.45) is 0 Å². The second kappa shape index (κ2) is 9.53. The van der Waals surface area contributed by atoms with Crippen LogP contribution in [0, 0.1) is 11.6 Å². The van der Waals surface area contributed by atoms with Gasteiger partial charge in [-0.15, -0.1) is 11.3 Å². The highest BCUT2D eigenvalue weighted by atomic mass is 32.1. The first-order valence-electron chi connectivity index (χ1n) is 9.13. The molecule has 0 bridgehead atoms. The normalized spacial score (nSPS) is 10.6. The summed E-state index contributed by atoms with van der Waals surface area (Å²) in [5.74, 6) is -0.929. The number of hydrogen-bond acceptors (Lipinski definition) is 6. The molecule has 0 aliphatic heterocycles. The number of carbonyl (C=O) groups is 1. The van der Waals surface area contributed by atoms with Crippen LogP contribution in [0.2, 0.25) is 0 Å². The van der Waals surface area contributed by atoms with E-state index >= 15 is 0 Å². The van der Waals surface area contributed by atoms with Crippen LogP contribution in [0.3, 0.4) is 0 Å². The Balaban J connectivity index is 1.71. The number of likely N-dealkylation sites (N-methyl/N-ethyl adjacent to an activating group) is 1. The summed E-state index contributed by atoms with van der Waals surface area (Å²) in [6.07, 6.45) is 0. The molecule has 0 radical (unpaired) electrons. The van der Waals surface area contributed by atoms with E-state index in [4.69, 9.17) is 9.47 Å². The van der Waals surface area contributed by atoms with E-state index in [-0.39, 0.29) is 12.5 Å². The maximum atomic E-state index is 13.5. The van der Waals surface area contributed by atoms with Gasteiger partial charge < -0.3 is 19.7 Å². The molecule has 0 aliphatic rings. The molecular formula is C21H21F2N3O3S. The van der Waals surface area contributed by atoms with Gasteiger partial charge in [0.2, 0.25) is 5.91 Å². The summed E-state index contributed by atoms with van der Waals surface area (Å²) in [6.45, 7) is 2.25. The molecule has 0 atom stereocenters. The van der Waals surface area contributed by atoms with E-state index in [1.165, 1.54) is 17.4 Å². The van der Waals surface area contributed by atoms with Crippen LogP contribution < -0.4 is 19.7 Å². The average Bonchev–Trinajstić information content (AvgIpc) is 3.21. The number of nitrogens with zero attached hydrogens (tertiary/aromatic N) is 2. The Labute approximate surface area is 177 Å². The summed E-state index contributed by atoms with van der Waals surface area (Å²) < 4.78 is 37.3. The van der Waals surface area contributed by atoms with Crippen LogP contribution >= 0.6 is 11.3 Å². The zero-order valence-corrected chi connectivity index (χ0v) is 17.6. The van der Waals surface area contributed by atoms with Crippen molar-refractivity contribution in [1.82, 2.24) is 4.98 Å². The van der Waals surface area contributed by atoms with Crippen LogP contribution in [0.4, 0.5) is 19.6 Å². The van der Waals surface area contributed by atoms with Crippen LogP contribution in [0.25, 0.3) is 11.3 Å². The molecule has 3 aromatic rings. The van der Waals surface area contributed by atoms with Crippen LogP contribution in [0.5, 0.6) is 11.5 Å². The number of thiazole rings is 1. The smallest absolute Gasteiger partial charge is 0.245 e. The molecule has 0 unspecified atom stereocenters. The Kier molecular flexibility index (Phi) is 6.83. The highest BCUT2D eigenvalue weighted by Crippen LogP contribution is 2.34. The monoisotopic (exact) mass is 433 g/mol. The minimum atomic E-state index is -0.954. The van der Waals surface area contributed by atoms with Crippen molar-refractivity contribution in [3.63, 3.8) is 0 Å². The second-order valence-electron chi connectivity index (χ2n) is 6.26. The molecule has 1 N–H and O–H groups in total. The van der Waals surface area contributed by atoms with Gasteiger partial charge in [0.05, 0.1) is 26.5 Å². The maximum Gasteiger partial charge on any atom is 0.245 e. The van der Waals surface area contributed by atoms with Gasteiger partial charge in [0, 0.05) is 35.3 Å². The molecule has 3 rings (SSSR count). The molecule has 30 heavy (non-hydrogen) atoms. The molecule has 0 aliphatic carbocycles. The zero-order valence-electron chi connectivity index (χ0n) is 16.7. The lowest BCUT2D eigenvalue weighted by Gasteiger charge is -2.22. The standard InChI is InChI=1S/C21H21F2N3O3S/c1-4-26(13-5-8-16(22)17(23)9-13)11-20(27)25-21-24-18(12-30-21)15-7-6-14(28-2)10-19(15)29-3/h5-10,12H,4,11H2,1-3H3,(H,24,25,27). The minimum Gasteiger partial charge on any atom is -0.497 e. The SMILES string of the molecule is CCN(CC(=O)Nc1nc(-c2ccc(OC)cc2OC)cs1)c1ccc(F)c(F)c1. The molecule has 6 nitrogen and oxygen atoms in total. The number of nitrogens with one attached hydrogen (secondary N) is 1. The van der Waals surface area contributed by atoms with Crippen molar-refractivity contribution >= 4 is 28.1 Å². The number of hydrogen-bond donors (Lipinski definition) is 1. The number of anilines is 2. The topological polar surface area (TPSA) is 63.7 Å². The molecule has 1 aromatic heterocycles. The molecule has 1 amide bonds. The average molecular weight is 433 g/mol. The maximum absolute atomic E-state index is 13.5. The first kappa shape index (κ1) is 21.5. The number of amides is 1. The van der Waals surface area contributed by atoms with Crippen molar-refractivity contribution < 1.29 is 23.0 Å². The van der Waals surface area contributed by atoms with Crippen LogP contribution in [0.15, 0.2) is 41.8 Å². The fraction of sp³-hybridized carbons (Fsp3) is 0.238. The summed E-state index contributed by atoms with van der Waals surface area (Å²) in [5.41, 5.74) is 1.85. The van der Waals surface area contributed by atoms with Gasteiger partial charge in [0.15, 0.2) is 16.8 Å². The van der Waals surface area contributed by atoms with E-state index in [0.29, 0.717) is 34.6 Å². The van der Waals surface area contributed by atoms with Gasteiger partial charge in [0.25, 0.3) is 0 Å². The molecular weight excluding hydrogens is 412 g/mol. The fourth-order valence-corrected chi connectivity index (χ4v) is 3.59. The van der Waals surface area contributed by atoms with Gasteiger partial charge in [-0.05, 0) is 31.2 Å². The highest BCUT2D eigenvalue weighted by molar-refractivity contribution is 7.14. The molecule has 1 heterocycles. The van der Waals surface area contributed by atoms with Crippen LogP contribution in [-0.4, -0.2) is 38.2 Å². The first-order valence-corrected chi connectivity index (χ1v) is 10.0. The van der Waals surface area contributed by atoms with Crippen LogP contribution in [0.1, 0.15) is 6.92 Å². The largest absolute Gasteiger partial charge is 0.497 e. The highest BCUT2D eigenvalue weighted by Gasteiger charge is 2.15. The van der Waals surface area contributed by atoms with Crippen molar-refractivity contribution in [3.05, 3.63) is 53.4 Å². The third-order valence-corrected chi connectivity index (χ3v) is 5.18. The lowest BCUT2D eigenvalue weighted by Crippen LogP contribution is -2.33. The van der Waals surface area contributed by atoms with E-state index in [1.807, 2.05) is 18.4 Å². The predicted octanol–water partition coefficient (Wildman–Crippen LogP) is 4.57. The summed E-state index contributed by atoms with van der Waals surface area (Å²) >= 11 is 1.28. The van der Waals surface area contributed by atoms with Gasteiger partial charge in [-0.2, -0.15) is 0 Å². The number of aromatic nitrogens is 1. The number of methoxy groups -OCH3 is 2. The van der Waals surface area contributed by atoms with E-state index in [2.05, 4.69) is 10.3 Å². The van der Waals surface area contributed by atoms with E-state index in [0.717, 1.165) is 17.7 Å². The number of carbonyl (C=O) groups excluding carboxylic acids is 1. The third kappa shape index (κ3) is 4.85. The number of rotatable bonds is 8. The number of benzene rings is 2. The van der Waals surface area contributed by atoms with Crippen molar-refractivity contribution in [2.45, 2.75) is 6.92 Å². The lowest BCUT2D eigenvalue weighted by molar-refractivity contribution is -0.115.